The highest BCUT2D eigenvalue weighted by Gasteiger charge is 2.47. The van der Waals surface area contributed by atoms with Gasteiger partial charge in [0.15, 0.2) is 0 Å². The van der Waals surface area contributed by atoms with E-state index in [0.717, 1.165) is 0 Å². The molecule has 1 amide bonds. The molecule has 0 saturated carbocycles. The van der Waals surface area contributed by atoms with E-state index in [1.807, 2.05) is 0 Å². The summed E-state index contributed by atoms with van der Waals surface area (Å²) in [7, 11) is 0. The molecular formula is C17H13F2NO. The molecule has 0 aliphatic carbocycles. The summed E-state index contributed by atoms with van der Waals surface area (Å²) >= 11 is 0. The Morgan fingerprint density at radius 3 is 2.52 bits per heavy atom. The zero-order valence-electron chi connectivity index (χ0n) is 11.2. The minimum Gasteiger partial charge on any atom is -0.308 e. The van der Waals surface area contributed by atoms with Crippen molar-refractivity contribution in [2.24, 2.45) is 0 Å². The fourth-order valence-electron chi connectivity index (χ4n) is 3.61. The summed E-state index contributed by atoms with van der Waals surface area (Å²) in [6, 6.07) is 11.1. The molecule has 2 aromatic rings. The second-order valence-corrected chi connectivity index (χ2v) is 5.60. The first-order valence-electron chi connectivity index (χ1n) is 7.00. The zero-order chi connectivity index (χ0) is 14.6. The van der Waals surface area contributed by atoms with E-state index in [-0.39, 0.29) is 35.9 Å². The zero-order valence-corrected chi connectivity index (χ0v) is 11.2. The van der Waals surface area contributed by atoms with Gasteiger partial charge in [-0.15, -0.1) is 0 Å². The number of anilines is 1. The van der Waals surface area contributed by atoms with Gasteiger partial charge in [0.25, 0.3) is 0 Å². The molecular weight excluding hydrogens is 272 g/mol. The highest BCUT2D eigenvalue weighted by atomic mass is 19.1. The molecule has 0 N–H and O–H groups in total. The normalized spacial score (nSPS) is 23.3. The van der Waals surface area contributed by atoms with Gasteiger partial charge in [0, 0.05) is 23.9 Å². The van der Waals surface area contributed by atoms with Gasteiger partial charge < -0.3 is 4.90 Å². The van der Waals surface area contributed by atoms with E-state index < -0.39 is 0 Å². The molecule has 0 radical (unpaired) electrons. The van der Waals surface area contributed by atoms with Crippen LogP contribution < -0.4 is 4.90 Å². The number of rotatable bonds is 1. The summed E-state index contributed by atoms with van der Waals surface area (Å²) in [5.74, 6) is -0.862. The van der Waals surface area contributed by atoms with Crippen molar-refractivity contribution in [3.8, 4) is 0 Å². The quantitative estimate of drug-likeness (QED) is 0.786. The number of hydrogen-bond donors (Lipinski definition) is 0. The second-order valence-electron chi connectivity index (χ2n) is 5.60. The largest absolute Gasteiger partial charge is 0.308 e. The molecule has 2 aliphatic rings. The van der Waals surface area contributed by atoms with E-state index in [0.29, 0.717) is 23.2 Å². The molecule has 2 aliphatic heterocycles. The minimum absolute atomic E-state index is 0.0578. The number of halogens is 2. The average Bonchev–Trinajstić information content (AvgIpc) is 2.99. The van der Waals surface area contributed by atoms with Gasteiger partial charge in [-0.25, -0.2) is 8.78 Å². The third-order valence-electron chi connectivity index (χ3n) is 4.53. The van der Waals surface area contributed by atoms with Crippen LogP contribution >= 0.6 is 0 Å². The first kappa shape index (κ1) is 12.5. The summed E-state index contributed by atoms with van der Waals surface area (Å²) in [5, 5.41) is 0. The summed E-state index contributed by atoms with van der Waals surface area (Å²) in [4.78, 5) is 14.0. The molecule has 0 aromatic heterocycles. The summed E-state index contributed by atoms with van der Waals surface area (Å²) < 4.78 is 28.0. The molecule has 2 atom stereocenters. The number of benzene rings is 2. The molecule has 0 bridgehead atoms. The van der Waals surface area contributed by atoms with Crippen LogP contribution in [0.3, 0.4) is 0 Å². The predicted octanol–water partition coefficient (Wildman–Crippen LogP) is 3.41. The summed E-state index contributed by atoms with van der Waals surface area (Å²) in [5.41, 5.74) is 1.76. The van der Waals surface area contributed by atoms with E-state index in [1.165, 1.54) is 12.1 Å². The van der Waals surface area contributed by atoms with Crippen molar-refractivity contribution < 1.29 is 13.6 Å². The Hall–Kier alpha value is -2.23. The van der Waals surface area contributed by atoms with Crippen LogP contribution in [0.2, 0.25) is 0 Å². The van der Waals surface area contributed by atoms with Gasteiger partial charge in [0.05, 0.1) is 5.69 Å². The maximum Gasteiger partial charge on any atom is 0.227 e. The van der Waals surface area contributed by atoms with Crippen molar-refractivity contribution in [2.75, 3.05) is 4.90 Å². The SMILES string of the molecule is O=C1C[C@H](c2ccccc2F)[C@H]2Cc3c(F)cccc3N12. The molecule has 0 unspecified atom stereocenters. The van der Waals surface area contributed by atoms with Gasteiger partial charge in [-0.3, -0.25) is 4.79 Å². The van der Waals surface area contributed by atoms with E-state index in [2.05, 4.69) is 0 Å². The summed E-state index contributed by atoms with van der Waals surface area (Å²) in [6.45, 7) is 0. The van der Waals surface area contributed by atoms with Crippen LogP contribution in [0, 0.1) is 11.6 Å². The Kier molecular flexibility index (Phi) is 2.61. The Balaban J connectivity index is 1.79. The molecule has 2 nitrogen and oxygen atoms in total. The highest BCUT2D eigenvalue weighted by molar-refractivity contribution is 5.99. The third-order valence-corrected chi connectivity index (χ3v) is 4.53. The van der Waals surface area contributed by atoms with Crippen molar-refractivity contribution in [3.63, 3.8) is 0 Å². The lowest BCUT2D eigenvalue weighted by atomic mass is 9.89. The van der Waals surface area contributed by atoms with Crippen LogP contribution in [-0.2, 0) is 11.2 Å². The lowest BCUT2D eigenvalue weighted by Crippen LogP contribution is -2.31. The van der Waals surface area contributed by atoms with E-state index in [1.54, 1.807) is 35.2 Å². The van der Waals surface area contributed by atoms with Crippen LogP contribution in [0.4, 0.5) is 14.5 Å². The molecule has 2 aromatic carbocycles. The van der Waals surface area contributed by atoms with E-state index in [4.69, 9.17) is 0 Å². The van der Waals surface area contributed by atoms with Crippen molar-refractivity contribution in [1.82, 2.24) is 0 Å². The van der Waals surface area contributed by atoms with Crippen molar-refractivity contribution >= 4 is 11.6 Å². The molecule has 0 spiro atoms. The number of hydrogen-bond acceptors (Lipinski definition) is 1. The van der Waals surface area contributed by atoms with E-state index >= 15 is 0 Å². The third kappa shape index (κ3) is 1.71. The fraction of sp³-hybridized carbons (Fsp3) is 0.235. The minimum atomic E-state index is -0.298. The molecule has 4 heteroatoms. The van der Waals surface area contributed by atoms with Crippen LogP contribution in [-0.4, -0.2) is 11.9 Å². The molecule has 1 fully saturated rings. The second kappa shape index (κ2) is 4.38. The van der Waals surface area contributed by atoms with Crippen LogP contribution in [0.25, 0.3) is 0 Å². The van der Waals surface area contributed by atoms with Gasteiger partial charge >= 0.3 is 0 Å². The van der Waals surface area contributed by atoms with Gasteiger partial charge in [-0.05, 0) is 30.2 Å². The Morgan fingerprint density at radius 1 is 0.952 bits per heavy atom. The van der Waals surface area contributed by atoms with Gasteiger partial charge in [0.2, 0.25) is 5.91 Å². The average molecular weight is 285 g/mol. The lowest BCUT2D eigenvalue weighted by Gasteiger charge is -2.21. The number of nitrogens with zero attached hydrogens (tertiary/aromatic N) is 1. The van der Waals surface area contributed by atoms with E-state index in [9.17, 15) is 13.6 Å². The molecule has 21 heavy (non-hydrogen) atoms. The smallest absolute Gasteiger partial charge is 0.227 e. The molecule has 1 saturated heterocycles. The molecule has 2 heterocycles. The van der Waals surface area contributed by atoms with Crippen LogP contribution in [0.15, 0.2) is 42.5 Å². The van der Waals surface area contributed by atoms with Gasteiger partial charge in [0.1, 0.15) is 11.6 Å². The Morgan fingerprint density at radius 2 is 1.71 bits per heavy atom. The van der Waals surface area contributed by atoms with Gasteiger partial charge in [-0.2, -0.15) is 0 Å². The summed E-state index contributed by atoms with van der Waals surface area (Å²) in [6.07, 6.45) is 0.730. The van der Waals surface area contributed by atoms with Crippen molar-refractivity contribution in [3.05, 3.63) is 65.2 Å². The first-order chi connectivity index (χ1) is 10.2. The van der Waals surface area contributed by atoms with Crippen LogP contribution in [0.1, 0.15) is 23.5 Å². The number of carbonyl (C=O) groups is 1. The standard InChI is InChI=1S/C17H13F2NO/c18-13-5-2-1-4-10(13)11-9-17(21)20-15-7-3-6-14(19)12(15)8-16(11)20/h1-7,11,16H,8-9H2/t11-,16-/m1/s1. The monoisotopic (exact) mass is 285 g/mol. The Labute approximate surface area is 121 Å². The maximum absolute atomic E-state index is 14.0. The number of fused-ring (bicyclic) bond motifs is 3. The Bertz CT molecular complexity index is 743. The first-order valence-corrected chi connectivity index (χ1v) is 7.00. The fourth-order valence-corrected chi connectivity index (χ4v) is 3.61. The number of amides is 1. The number of carbonyl (C=O) groups excluding carboxylic acids is 1. The molecule has 4 rings (SSSR count). The van der Waals surface area contributed by atoms with Crippen LogP contribution in [0.5, 0.6) is 0 Å². The highest BCUT2D eigenvalue weighted by Crippen LogP contribution is 2.46. The molecule has 106 valence electrons. The topological polar surface area (TPSA) is 20.3 Å². The van der Waals surface area contributed by atoms with Gasteiger partial charge in [-0.1, -0.05) is 24.3 Å². The predicted molar refractivity (Wildman–Crippen MR) is 75.1 cm³/mol. The maximum atomic E-state index is 14.0. The van der Waals surface area contributed by atoms with Crippen molar-refractivity contribution in [1.29, 1.82) is 0 Å². The van der Waals surface area contributed by atoms with Crippen molar-refractivity contribution in [2.45, 2.75) is 24.8 Å². The lowest BCUT2D eigenvalue weighted by molar-refractivity contribution is -0.117.